The summed E-state index contributed by atoms with van der Waals surface area (Å²) in [6, 6.07) is 8.95. The molecule has 1 unspecified atom stereocenters. The second kappa shape index (κ2) is 5.23. The summed E-state index contributed by atoms with van der Waals surface area (Å²) in [5.41, 5.74) is 13.6. The summed E-state index contributed by atoms with van der Waals surface area (Å²) in [7, 11) is 0. The molecule has 0 amide bonds. The van der Waals surface area contributed by atoms with Gasteiger partial charge in [-0.05, 0) is 78.2 Å². The van der Waals surface area contributed by atoms with Gasteiger partial charge in [0.05, 0.1) is 0 Å². The Labute approximate surface area is 139 Å². The van der Waals surface area contributed by atoms with Crippen molar-refractivity contribution in [2.75, 3.05) is 0 Å². The third kappa shape index (κ3) is 2.05. The number of hydrogen-bond donors (Lipinski definition) is 0. The van der Waals surface area contributed by atoms with E-state index in [0.29, 0.717) is 5.92 Å². The topological polar surface area (TPSA) is 0 Å². The fourth-order valence-corrected chi connectivity index (χ4v) is 4.35. The fourth-order valence-electron chi connectivity index (χ4n) is 4.35. The molecule has 0 heteroatoms. The predicted molar refractivity (Wildman–Crippen MR) is 99.3 cm³/mol. The molecule has 1 aromatic carbocycles. The summed E-state index contributed by atoms with van der Waals surface area (Å²) in [6.45, 7) is 9.25. The van der Waals surface area contributed by atoms with Crippen molar-refractivity contribution in [2.45, 2.75) is 46.5 Å². The number of benzene rings is 1. The second-order valence-corrected chi connectivity index (χ2v) is 7.07. The molecule has 0 fully saturated rings. The van der Waals surface area contributed by atoms with Gasteiger partial charge in [-0.1, -0.05) is 55.0 Å². The average Bonchev–Trinajstić information content (AvgIpc) is 2.97. The molecule has 3 aliphatic rings. The van der Waals surface area contributed by atoms with Gasteiger partial charge in [0.2, 0.25) is 0 Å². The molecule has 0 heterocycles. The summed E-state index contributed by atoms with van der Waals surface area (Å²) in [4.78, 5) is 0. The Morgan fingerprint density at radius 1 is 1.00 bits per heavy atom. The molecule has 4 rings (SSSR count). The summed E-state index contributed by atoms with van der Waals surface area (Å²) < 4.78 is 0. The maximum absolute atomic E-state index is 2.34. The van der Waals surface area contributed by atoms with Gasteiger partial charge in [-0.2, -0.15) is 0 Å². The zero-order chi connectivity index (χ0) is 16.1. The fraction of sp³-hybridized carbons (Fsp3) is 0.304. The Morgan fingerprint density at radius 2 is 1.78 bits per heavy atom. The standard InChI is InChI=1S/C23H24/c1-14-16(3)22(20-11-7-5-9-18(14)20)13-23-17(4)15(2)19-10-6-8-12-21(19)23/h5-9,11-12,14H,10,13H2,1-4H3. The summed E-state index contributed by atoms with van der Waals surface area (Å²) in [5.74, 6) is 0.553. The van der Waals surface area contributed by atoms with E-state index in [2.05, 4.69) is 70.2 Å². The van der Waals surface area contributed by atoms with Crippen LogP contribution in [0.5, 0.6) is 0 Å². The number of rotatable bonds is 2. The van der Waals surface area contributed by atoms with E-state index in [1.54, 1.807) is 16.7 Å². The molecule has 0 aliphatic heterocycles. The van der Waals surface area contributed by atoms with Crippen molar-refractivity contribution in [1.82, 2.24) is 0 Å². The Morgan fingerprint density at radius 3 is 2.61 bits per heavy atom. The Kier molecular flexibility index (Phi) is 3.30. The van der Waals surface area contributed by atoms with E-state index in [1.165, 1.54) is 33.4 Å². The molecule has 0 aromatic heterocycles. The van der Waals surface area contributed by atoms with Crippen molar-refractivity contribution in [2.24, 2.45) is 0 Å². The van der Waals surface area contributed by atoms with E-state index in [-0.39, 0.29) is 0 Å². The van der Waals surface area contributed by atoms with Gasteiger partial charge in [-0.3, -0.25) is 0 Å². The van der Waals surface area contributed by atoms with Gasteiger partial charge in [0.1, 0.15) is 0 Å². The lowest BCUT2D eigenvalue weighted by molar-refractivity contribution is 0.918. The molecular formula is C23H24. The predicted octanol–water partition coefficient (Wildman–Crippen LogP) is 6.50. The zero-order valence-electron chi connectivity index (χ0n) is 14.5. The molecule has 1 atom stereocenters. The first-order valence-electron chi connectivity index (χ1n) is 8.66. The maximum Gasteiger partial charge on any atom is 0.00292 e. The second-order valence-electron chi connectivity index (χ2n) is 7.07. The van der Waals surface area contributed by atoms with Gasteiger partial charge in [-0.25, -0.2) is 0 Å². The van der Waals surface area contributed by atoms with Crippen LogP contribution < -0.4 is 0 Å². The normalized spacial score (nSPS) is 22.8. The van der Waals surface area contributed by atoms with Gasteiger partial charge < -0.3 is 0 Å². The molecule has 1 aromatic rings. The molecule has 0 bridgehead atoms. The van der Waals surface area contributed by atoms with Crippen LogP contribution in [0.1, 0.15) is 57.6 Å². The lowest BCUT2D eigenvalue weighted by Crippen LogP contribution is -1.95. The molecule has 0 N–H and O–H groups in total. The van der Waals surface area contributed by atoms with E-state index >= 15 is 0 Å². The maximum atomic E-state index is 2.34. The summed E-state index contributed by atoms with van der Waals surface area (Å²) in [6.07, 6.45) is 8.96. The van der Waals surface area contributed by atoms with Crippen LogP contribution in [0.15, 0.2) is 75.9 Å². The van der Waals surface area contributed by atoms with Gasteiger partial charge in [0.25, 0.3) is 0 Å². The van der Waals surface area contributed by atoms with Gasteiger partial charge in [0, 0.05) is 5.92 Å². The minimum atomic E-state index is 0.553. The molecule has 0 spiro atoms. The van der Waals surface area contributed by atoms with Crippen molar-refractivity contribution in [1.29, 1.82) is 0 Å². The van der Waals surface area contributed by atoms with E-state index in [0.717, 1.165) is 12.8 Å². The SMILES string of the molecule is CC1=C2CC=CC=C2C(CC2=C(C)C(C)c3ccccc32)=C1C. The third-order valence-electron chi connectivity index (χ3n) is 6.07. The highest BCUT2D eigenvalue weighted by molar-refractivity contribution is 5.81. The van der Waals surface area contributed by atoms with Crippen molar-refractivity contribution in [3.05, 3.63) is 87.1 Å². The van der Waals surface area contributed by atoms with Gasteiger partial charge in [-0.15, -0.1) is 0 Å². The largest absolute Gasteiger partial charge is 0.0801 e. The van der Waals surface area contributed by atoms with Crippen LogP contribution >= 0.6 is 0 Å². The van der Waals surface area contributed by atoms with Crippen molar-refractivity contribution < 1.29 is 0 Å². The van der Waals surface area contributed by atoms with Crippen molar-refractivity contribution in [3.8, 4) is 0 Å². The smallest absolute Gasteiger partial charge is 0.00292 e. The highest BCUT2D eigenvalue weighted by Crippen LogP contribution is 2.48. The third-order valence-corrected chi connectivity index (χ3v) is 6.07. The minimum absolute atomic E-state index is 0.553. The number of hydrogen-bond acceptors (Lipinski definition) is 0. The van der Waals surface area contributed by atoms with E-state index in [4.69, 9.17) is 0 Å². The van der Waals surface area contributed by atoms with Crippen LogP contribution in [0.4, 0.5) is 0 Å². The zero-order valence-corrected chi connectivity index (χ0v) is 14.5. The highest BCUT2D eigenvalue weighted by atomic mass is 14.3. The molecule has 116 valence electrons. The molecule has 23 heavy (non-hydrogen) atoms. The number of fused-ring (bicyclic) bond motifs is 2. The highest BCUT2D eigenvalue weighted by Gasteiger charge is 2.29. The van der Waals surface area contributed by atoms with Crippen LogP contribution in [0.25, 0.3) is 5.57 Å². The summed E-state index contributed by atoms with van der Waals surface area (Å²) >= 11 is 0. The molecule has 3 aliphatic carbocycles. The van der Waals surface area contributed by atoms with Crippen LogP contribution in [-0.4, -0.2) is 0 Å². The molecule has 0 nitrogen and oxygen atoms in total. The lowest BCUT2D eigenvalue weighted by atomic mass is 9.89. The van der Waals surface area contributed by atoms with E-state index in [9.17, 15) is 0 Å². The Hall–Kier alpha value is -2.08. The molecular weight excluding hydrogens is 276 g/mol. The average molecular weight is 300 g/mol. The van der Waals surface area contributed by atoms with Crippen LogP contribution in [0.3, 0.4) is 0 Å². The van der Waals surface area contributed by atoms with E-state index in [1.807, 2.05) is 0 Å². The van der Waals surface area contributed by atoms with Crippen LogP contribution in [0.2, 0.25) is 0 Å². The minimum Gasteiger partial charge on any atom is -0.0801 e. The summed E-state index contributed by atoms with van der Waals surface area (Å²) in [5, 5.41) is 0. The molecule has 0 saturated heterocycles. The first-order chi connectivity index (χ1) is 11.1. The first kappa shape index (κ1) is 14.5. The van der Waals surface area contributed by atoms with Crippen molar-refractivity contribution >= 4 is 5.57 Å². The molecule has 0 radical (unpaired) electrons. The van der Waals surface area contributed by atoms with Crippen molar-refractivity contribution in [3.63, 3.8) is 0 Å². The number of allylic oxidation sites excluding steroid dienone is 10. The van der Waals surface area contributed by atoms with Gasteiger partial charge >= 0.3 is 0 Å². The van der Waals surface area contributed by atoms with E-state index < -0.39 is 0 Å². The van der Waals surface area contributed by atoms with Crippen LogP contribution in [0, 0.1) is 0 Å². The Bertz CT molecular complexity index is 850. The van der Waals surface area contributed by atoms with Gasteiger partial charge in [0.15, 0.2) is 0 Å². The monoisotopic (exact) mass is 300 g/mol. The first-order valence-corrected chi connectivity index (χ1v) is 8.66. The molecule has 0 saturated carbocycles. The quantitative estimate of drug-likeness (QED) is 0.584. The Balaban J connectivity index is 1.78. The lowest BCUT2D eigenvalue weighted by Gasteiger charge is -2.15. The van der Waals surface area contributed by atoms with Crippen LogP contribution in [-0.2, 0) is 0 Å².